The summed E-state index contributed by atoms with van der Waals surface area (Å²) in [7, 11) is 0. The lowest BCUT2D eigenvalue weighted by Gasteiger charge is -2.11. The summed E-state index contributed by atoms with van der Waals surface area (Å²) in [5.74, 6) is 1.01. The third kappa shape index (κ3) is 2.82. The summed E-state index contributed by atoms with van der Waals surface area (Å²) in [6.45, 7) is 5.80. The molecule has 2 aromatic rings. The van der Waals surface area contributed by atoms with Gasteiger partial charge in [0.25, 0.3) is 0 Å². The van der Waals surface area contributed by atoms with Gasteiger partial charge in [0.15, 0.2) is 5.15 Å². The molecule has 0 aliphatic heterocycles. The Balaban J connectivity index is 2.09. The Kier molecular flexibility index (Phi) is 4.20. The van der Waals surface area contributed by atoms with Gasteiger partial charge in [0, 0.05) is 25.1 Å². The van der Waals surface area contributed by atoms with Crippen molar-refractivity contribution in [3.05, 3.63) is 41.2 Å². The van der Waals surface area contributed by atoms with E-state index in [1.54, 1.807) is 6.20 Å². The largest absolute Gasteiger partial charge is 0.375 e. The number of pyridine rings is 1. The van der Waals surface area contributed by atoms with Crippen LogP contribution in [-0.4, -0.2) is 14.5 Å². The first kappa shape index (κ1) is 12.9. The molecule has 0 atom stereocenters. The number of rotatable bonds is 5. The van der Waals surface area contributed by atoms with Gasteiger partial charge in [-0.3, -0.25) is 0 Å². The fraction of sp³-hybridized carbons (Fsp3) is 0.385. The summed E-state index contributed by atoms with van der Waals surface area (Å²) in [5.41, 5.74) is 1.97. The Morgan fingerprint density at radius 2 is 2.17 bits per heavy atom. The summed E-state index contributed by atoms with van der Waals surface area (Å²) in [6.07, 6.45) is 6.62. The number of aromatic nitrogens is 3. The average molecular weight is 265 g/mol. The molecule has 4 nitrogen and oxygen atoms in total. The van der Waals surface area contributed by atoms with Gasteiger partial charge in [0.05, 0.1) is 12.2 Å². The van der Waals surface area contributed by atoms with E-state index in [-0.39, 0.29) is 0 Å². The number of hydrogen-bond donors (Lipinski definition) is 1. The molecule has 18 heavy (non-hydrogen) atoms. The first-order chi connectivity index (χ1) is 8.72. The van der Waals surface area contributed by atoms with Gasteiger partial charge in [-0.2, -0.15) is 0 Å². The maximum atomic E-state index is 6.07. The van der Waals surface area contributed by atoms with Gasteiger partial charge in [-0.1, -0.05) is 18.5 Å². The normalized spacial score (nSPS) is 10.6. The lowest BCUT2D eigenvalue weighted by atomic mass is 10.2. The lowest BCUT2D eigenvalue weighted by Crippen LogP contribution is -2.09. The molecule has 0 unspecified atom stereocenters. The van der Waals surface area contributed by atoms with Crippen LogP contribution in [0.5, 0.6) is 0 Å². The maximum absolute atomic E-state index is 6.07. The molecular formula is C13H17ClN4. The highest BCUT2D eigenvalue weighted by atomic mass is 35.5. The lowest BCUT2D eigenvalue weighted by molar-refractivity contribution is 0.644. The quantitative estimate of drug-likeness (QED) is 0.843. The van der Waals surface area contributed by atoms with Crippen LogP contribution in [0.15, 0.2) is 24.7 Å². The van der Waals surface area contributed by atoms with Crippen molar-refractivity contribution in [2.75, 3.05) is 5.32 Å². The molecule has 2 aromatic heterocycles. The average Bonchev–Trinajstić information content (AvgIpc) is 2.77. The molecule has 0 radical (unpaired) electrons. The molecule has 2 rings (SSSR count). The van der Waals surface area contributed by atoms with Crippen LogP contribution in [0.1, 0.15) is 24.7 Å². The molecule has 0 bridgehead atoms. The number of halogens is 1. The number of nitrogens with zero attached hydrogens (tertiary/aromatic N) is 3. The fourth-order valence-electron chi connectivity index (χ4n) is 1.86. The van der Waals surface area contributed by atoms with E-state index in [1.165, 1.54) is 0 Å². The van der Waals surface area contributed by atoms with Crippen LogP contribution >= 0.6 is 11.6 Å². The third-order valence-electron chi connectivity index (χ3n) is 2.80. The molecule has 1 N–H and O–H groups in total. The summed E-state index contributed by atoms with van der Waals surface area (Å²) in [4.78, 5) is 8.42. The van der Waals surface area contributed by atoms with Crippen LogP contribution in [0.2, 0.25) is 5.15 Å². The summed E-state index contributed by atoms with van der Waals surface area (Å²) < 4.78 is 2.15. The molecule has 0 amide bonds. The van der Waals surface area contributed by atoms with Gasteiger partial charge in [-0.05, 0) is 25.0 Å². The van der Waals surface area contributed by atoms with Crippen molar-refractivity contribution >= 4 is 17.3 Å². The second-order valence-corrected chi connectivity index (χ2v) is 4.54. The second kappa shape index (κ2) is 5.87. The highest BCUT2D eigenvalue weighted by molar-refractivity contribution is 6.32. The van der Waals surface area contributed by atoms with Gasteiger partial charge >= 0.3 is 0 Å². The number of hydrogen-bond acceptors (Lipinski definition) is 3. The van der Waals surface area contributed by atoms with E-state index in [0.717, 1.165) is 30.0 Å². The molecule has 5 heteroatoms. The highest BCUT2D eigenvalue weighted by Crippen LogP contribution is 2.23. The standard InChI is InChI=1S/C13H17ClN4/c1-3-7-18-8-6-15-11(18)9-17-12-10(2)4-5-16-13(12)14/h4-6,8,17H,3,7,9H2,1-2H3. The Morgan fingerprint density at radius 3 is 2.89 bits per heavy atom. The third-order valence-corrected chi connectivity index (χ3v) is 3.09. The van der Waals surface area contributed by atoms with E-state index in [2.05, 4.69) is 26.8 Å². The Morgan fingerprint density at radius 1 is 1.33 bits per heavy atom. The first-order valence-electron chi connectivity index (χ1n) is 6.07. The molecule has 0 aliphatic carbocycles. The van der Waals surface area contributed by atoms with Crippen molar-refractivity contribution in [2.45, 2.75) is 33.4 Å². The molecule has 0 fully saturated rings. The summed E-state index contributed by atoms with van der Waals surface area (Å²) in [6, 6.07) is 1.94. The van der Waals surface area contributed by atoms with Crippen molar-refractivity contribution in [1.29, 1.82) is 0 Å². The predicted molar refractivity (Wildman–Crippen MR) is 73.8 cm³/mol. The van der Waals surface area contributed by atoms with Gasteiger partial charge in [0.2, 0.25) is 0 Å². The van der Waals surface area contributed by atoms with Crippen LogP contribution in [0.25, 0.3) is 0 Å². The van der Waals surface area contributed by atoms with Crippen molar-refractivity contribution < 1.29 is 0 Å². The maximum Gasteiger partial charge on any atom is 0.152 e. The van der Waals surface area contributed by atoms with Gasteiger partial charge in [0.1, 0.15) is 5.82 Å². The Bertz CT molecular complexity index is 501. The Hall–Kier alpha value is -1.55. The monoisotopic (exact) mass is 264 g/mol. The van der Waals surface area contributed by atoms with Crippen molar-refractivity contribution in [1.82, 2.24) is 14.5 Å². The molecule has 2 heterocycles. The number of imidazole rings is 1. The highest BCUT2D eigenvalue weighted by Gasteiger charge is 2.06. The van der Waals surface area contributed by atoms with E-state index in [0.29, 0.717) is 11.7 Å². The van der Waals surface area contributed by atoms with E-state index < -0.39 is 0 Å². The number of aryl methyl sites for hydroxylation is 2. The predicted octanol–water partition coefficient (Wildman–Crippen LogP) is 3.26. The fourth-order valence-corrected chi connectivity index (χ4v) is 2.13. The molecule has 0 spiro atoms. The van der Waals surface area contributed by atoms with Crippen molar-refractivity contribution in [3.8, 4) is 0 Å². The second-order valence-electron chi connectivity index (χ2n) is 4.18. The van der Waals surface area contributed by atoms with Crippen molar-refractivity contribution in [3.63, 3.8) is 0 Å². The molecule has 0 aromatic carbocycles. The van der Waals surface area contributed by atoms with Crippen LogP contribution in [0, 0.1) is 6.92 Å². The zero-order valence-corrected chi connectivity index (χ0v) is 11.4. The number of nitrogens with one attached hydrogen (secondary N) is 1. The zero-order valence-electron chi connectivity index (χ0n) is 10.7. The zero-order chi connectivity index (χ0) is 13.0. The Labute approximate surface area is 112 Å². The topological polar surface area (TPSA) is 42.7 Å². The smallest absolute Gasteiger partial charge is 0.152 e. The minimum atomic E-state index is 0.503. The minimum absolute atomic E-state index is 0.503. The van der Waals surface area contributed by atoms with Crippen LogP contribution in [-0.2, 0) is 13.1 Å². The van der Waals surface area contributed by atoms with Crippen molar-refractivity contribution in [2.24, 2.45) is 0 Å². The molecule has 0 saturated heterocycles. The summed E-state index contributed by atoms with van der Waals surface area (Å²) >= 11 is 6.07. The van der Waals surface area contributed by atoms with Crippen LogP contribution in [0.3, 0.4) is 0 Å². The number of anilines is 1. The van der Waals surface area contributed by atoms with E-state index in [1.807, 2.05) is 25.4 Å². The minimum Gasteiger partial charge on any atom is -0.375 e. The van der Waals surface area contributed by atoms with Gasteiger partial charge in [-0.25, -0.2) is 9.97 Å². The van der Waals surface area contributed by atoms with E-state index in [9.17, 15) is 0 Å². The molecule has 96 valence electrons. The summed E-state index contributed by atoms with van der Waals surface area (Å²) in [5, 5.41) is 3.81. The van der Waals surface area contributed by atoms with E-state index in [4.69, 9.17) is 11.6 Å². The van der Waals surface area contributed by atoms with E-state index >= 15 is 0 Å². The molecular weight excluding hydrogens is 248 g/mol. The van der Waals surface area contributed by atoms with Gasteiger partial charge < -0.3 is 9.88 Å². The van der Waals surface area contributed by atoms with Crippen LogP contribution < -0.4 is 5.32 Å². The first-order valence-corrected chi connectivity index (χ1v) is 6.45. The molecule has 0 aliphatic rings. The molecule has 0 saturated carbocycles. The van der Waals surface area contributed by atoms with Crippen LogP contribution in [0.4, 0.5) is 5.69 Å². The van der Waals surface area contributed by atoms with Gasteiger partial charge in [-0.15, -0.1) is 0 Å². The SMILES string of the molecule is CCCn1ccnc1CNc1c(C)ccnc1Cl.